The number of ether oxygens (including phenoxy) is 3. The molecule has 1 aliphatic rings. The second-order valence-corrected chi connectivity index (χ2v) is 8.65. The van der Waals surface area contributed by atoms with Crippen LogP contribution in [0, 0.1) is 0 Å². The number of anilines is 2. The summed E-state index contributed by atoms with van der Waals surface area (Å²) in [5.74, 6) is 0.527. The summed E-state index contributed by atoms with van der Waals surface area (Å²) < 4.78 is 19.6. The number of amides is 2. The molecule has 34 heavy (non-hydrogen) atoms. The first-order chi connectivity index (χ1) is 16.7. The van der Waals surface area contributed by atoms with Crippen molar-refractivity contribution in [2.75, 3.05) is 30.5 Å². The highest BCUT2D eigenvalue weighted by molar-refractivity contribution is 9.10. The van der Waals surface area contributed by atoms with Crippen LogP contribution >= 0.6 is 15.9 Å². The summed E-state index contributed by atoms with van der Waals surface area (Å²) in [5.41, 5.74) is 3.43. The smallest absolute Gasteiger partial charge is 0.323 e. The van der Waals surface area contributed by atoms with Crippen molar-refractivity contribution in [1.82, 2.24) is 9.55 Å². The van der Waals surface area contributed by atoms with Gasteiger partial charge in [-0.15, -0.1) is 0 Å². The van der Waals surface area contributed by atoms with Gasteiger partial charge >= 0.3 is 6.03 Å². The number of aromatic nitrogens is 2. The minimum absolute atomic E-state index is 0.238. The molecule has 0 spiro atoms. The van der Waals surface area contributed by atoms with Crippen molar-refractivity contribution in [3.63, 3.8) is 0 Å². The number of hydrogen-bond donors (Lipinski definition) is 2. The van der Waals surface area contributed by atoms with Gasteiger partial charge in [-0.05, 0) is 54.1 Å². The summed E-state index contributed by atoms with van der Waals surface area (Å²) in [6, 6.07) is 16.9. The molecule has 2 amide bonds. The topological polar surface area (TPSA) is 86.6 Å². The van der Waals surface area contributed by atoms with Gasteiger partial charge < -0.3 is 29.4 Å². The second kappa shape index (κ2) is 10.3. The minimum atomic E-state index is -0.404. The number of nitrogens with one attached hydrogen (secondary N) is 2. The standard InChI is InChI=1S/C25H23BrN4O4/c26-18-4-5-23(34-16-24-32-12-13-33-24)21(14-18)29-25(31)28-20-2-1-3-22-19(20)8-11-30(22)15-17-6-9-27-10-7-17/h1-11,14,24H,12-13,15-16H2,(H2,28,29,31). The molecule has 0 aliphatic carbocycles. The Balaban J connectivity index is 1.30. The third-order valence-corrected chi connectivity index (χ3v) is 5.91. The summed E-state index contributed by atoms with van der Waals surface area (Å²) in [7, 11) is 0. The number of fused-ring (bicyclic) bond motifs is 1. The van der Waals surface area contributed by atoms with E-state index in [-0.39, 0.29) is 12.6 Å². The fraction of sp³-hybridized carbons (Fsp3) is 0.200. The molecule has 9 heteroatoms. The molecule has 2 N–H and O–H groups in total. The van der Waals surface area contributed by atoms with E-state index in [2.05, 4.69) is 36.1 Å². The molecule has 3 heterocycles. The Morgan fingerprint density at radius 3 is 2.68 bits per heavy atom. The first-order valence-corrected chi connectivity index (χ1v) is 11.7. The molecule has 2 aromatic heterocycles. The van der Waals surface area contributed by atoms with Crippen molar-refractivity contribution in [2.45, 2.75) is 12.8 Å². The number of rotatable bonds is 7. The van der Waals surface area contributed by atoms with Gasteiger partial charge in [-0.3, -0.25) is 4.98 Å². The SMILES string of the molecule is O=C(Nc1cc(Br)ccc1OCC1OCCO1)Nc1cccc2c1ccn2Cc1ccncc1. The van der Waals surface area contributed by atoms with E-state index in [4.69, 9.17) is 14.2 Å². The average Bonchev–Trinajstić information content (AvgIpc) is 3.50. The third kappa shape index (κ3) is 5.22. The van der Waals surface area contributed by atoms with Crippen molar-refractivity contribution < 1.29 is 19.0 Å². The van der Waals surface area contributed by atoms with Crippen molar-refractivity contribution in [3.8, 4) is 5.75 Å². The highest BCUT2D eigenvalue weighted by atomic mass is 79.9. The van der Waals surface area contributed by atoms with E-state index in [0.29, 0.717) is 30.3 Å². The van der Waals surface area contributed by atoms with Gasteiger partial charge in [0.25, 0.3) is 0 Å². The van der Waals surface area contributed by atoms with Crippen LogP contribution in [0.5, 0.6) is 5.75 Å². The molecular formula is C25H23BrN4O4. The largest absolute Gasteiger partial charge is 0.486 e. The predicted octanol–water partition coefficient (Wildman–Crippen LogP) is 5.24. The van der Waals surface area contributed by atoms with Crippen molar-refractivity contribution in [2.24, 2.45) is 0 Å². The van der Waals surface area contributed by atoms with E-state index in [1.54, 1.807) is 24.5 Å². The fourth-order valence-electron chi connectivity index (χ4n) is 3.82. The molecule has 0 radical (unpaired) electrons. The van der Waals surface area contributed by atoms with E-state index < -0.39 is 6.29 Å². The maximum atomic E-state index is 12.9. The van der Waals surface area contributed by atoms with Crippen LogP contribution in [0.4, 0.5) is 16.2 Å². The lowest BCUT2D eigenvalue weighted by Crippen LogP contribution is -2.22. The van der Waals surface area contributed by atoms with Gasteiger partial charge in [0.15, 0.2) is 6.29 Å². The molecule has 1 aliphatic heterocycles. The number of benzene rings is 2. The van der Waals surface area contributed by atoms with Gasteiger partial charge in [-0.25, -0.2) is 4.79 Å². The Labute approximate surface area is 205 Å². The molecule has 8 nitrogen and oxygen atoms in total. The van der Waals surface area contributed by atoms with Crippen LogP contribution in [-0.2, 0) is 16.0 Å². The van der Waals surface area contributed by atoms with Crippen LogP contribution in [0.1, 0.15) is 5.56 Å². The predicted molar refractivity (Wildman–Crippen MR) is 133 cm³/mol. The molecule has 0 saturated carbocycles. The zero-order chi connectivity index (χ0) is 23.3. The Hall–Kier alpha value is -3.40. The highest BCUT2D eigenvalue weighted by Gasteiger charge is 2.18. The molecule has 1 fully saturated rings. The lowest BCUT2D eigenvalue weighted by Gasteiger charge is -2.16. The number of halogens is 1. The molecule has 5 rings (SSSR count). The molecule has 0 atom stereocenters. The van der Waals surface area contributed by atoms with Crippen molar-refractivity contribution >= 4 is 44.2 Å². The van der Waals surface area contributed by atoms with Gasteiger partial charge in [0.1, 0.15) is 12.4 Å². The maximum Gasteiger partial charge on any atom is 0.323 e. The first kappa shape index (κ1) is 22.4. The Morgan fingerprint density at radius 2 is 1.85 bits per heavy atom. The van der Waals surface area contributed by atoms with Crippen LogP contribution < -0.4 is 15.4 Å². The second-order valence-electron chi connectivity index (χ2n) is 7.74. The molecule has 4 aromatic rings. The third-order valence-electron chi connectivity index (χ3n) is 5.42. The number of nitrogens with zero attached hydrogens (tertiary/aromatic N) is 2. The monoisotopic (exact) mass is 522 g/mol. The number of urea groups is 1. The number of carbonyl (C=O) groups is 1. The first-order valence-electron chi connectivity index (χ1n) is 10.9. The molecule has 0 bridgehead atoms. The Kier molecular flexibility index (Phi) is 6.75. The maximum absolute atomic E-state index is 12.9. The van der Waals surface area contributed by atoms with E-state index in [1.807, 2.05) is 48.7 Å². The fourth-order valence-corrected chi connectivity index (χ4v) is 4.18. The van der Waals surface area contributed by atoms with Gasteiger partial charge in [-0.2, -0.15) is 0 Å². The summed E-state index contributed by atoms with van der Waals surface area (Å²) in [6.07, 6.45) is 5.18. The number of hydrogen-bond acceptors (Lipinski definition) is 5. The van der Waals surface area contributed by atoms with E-state index >= 15 is 0 Å². The van der Waals surface area contributed by atoms with Gasteiger partial charge in [0.05, 0.1) is 30.1 Å². The van der Waals surface area contributed by atoms with Crippen molar-refractivity contribution in [3.05, 3.63) is 83.2 Å². The van der Waals surface area contributed by atoms with E-state index in [0.717, 1.165) is 27.5 Å². The zero-order valence-electron chi connectivity index (χ0n) is 18.2. The summed E-state index contributed by atoms with van der Waals surface area (Å²) in [5, 5.41) is 6.80. The number of pyridine rings is 1. The zero-order valence-corrected chi connectivity index (χ0v) is 19.8. The summed E-state index contributed by atoms with van der Waals surface area (Å²) >= 11 is 3.45. The van der Waals surface area contributed by atoms with Gasteiger partial charge in [0.2, 0.25) is 0 Å². The van der Waals surface area contributed by atoms with Gasteiger partial charge in [0, 0.05) is 35.0 Å². The van der Waals surface area contributed by atoms with Crippen LogP contribution in [0.25, 0.3) is 10.9 Å². The molecule has 1 saturated heterocycles. The molecule has 0 unspecified atom stereocenters. The Morgan fingerprint density at radius 1 is 1.06 bits per heavy atom. The Bertz CT molecular complexity index is 1290. The summed E-state index contributed by atoms with van der Waals surface area (Å²) in [6.45, 7) is 2.06. The minimum Gasteiger partial charge on any atom is -0.486 e. The van der Waals surface area contributed by atoms with Crippen LogP contribution in [0.3, 0.4) is 0 Å². The normalized spacial score (nSPS) is 13.8. The lowest BCUT2D eigenvalue weighted by atomic mass is 10.2. The van der Waals surface area contributed by atoms with E-state index in [1.165, 1.54) is 0 Å². The summed E-state index contributed by atoms with van der Waals surface area (Å²) in [4.78, 5) is 17.0. The molecule has 174 valence electrons. The van der Waals surface area contributed by atoms with E-state index in [9.17, 15) is 4.79 Å². The lowest BCUT2D eigenvalue weighted by molar-refractivity contribution is -0.0682. The van der Waals surface area contributed by atoms with Crippen LogP contribution in [-0.4, -0.2) is 41.7 Å². The molecule has 2 aromatic carbocycles. The highest BCUT2D eigenvalue weighted by Crippen LogP contribution is 2.30. The number of carbonyl (C=O) groups excluding carboxylic acids is 1. The average molecular weight is 523 g/mol. The van der Waals surface area contributed by atoms with Crippen LogP contribution in [0.15, 0.2) is 77.7 Å². The van der Waals surface area contributed by atoms with Crippen molar-refractivity contribution in [1.29, 1.82) is 0 Å². The quantitative estimate of drug-likeness (QED) is 0.346. The molecular weight excluding hydrogens is 500 g/mol. The van der Waals surface area contributed by atoms with Crippen LogP contribution in [0.2, 0.25) is 0 Å². The van der Waals surface area contributed by atoms with Gasteiger partial charge in [-0.1, -0.05) is 22.0 Å².